The van der Waals surface area contributed by atoms with E-state index in [1.807, 2.05) is 0 Å². The van der Waals surface area contributed by atoms with Gasteiger partial charge in [0, 0.05) is 6.54 Å². The van der Waals surface area contributed by atoms with Crippen molar-refractivity contribution >= 4 is 16.0 Å². The number of carboxylic acids is 1. The second-order valence-corrected chi connectivity index (χ2v) is 6.44. The third-order valence-corrected chi connectivity index (χ3v) is 4.59. The van der Waals surface area contributed by atoms with E-state index in [1.54, 1.807) is 0 Å². The topological polar surface area (TPSA) is 104 Å². The average molecular weight is 285 g/mol. The molecule has 0 atom stereocenters. The highest BCUT2D eigenvalue weighted by Crippen LogP contribution is 2.26. The van der Waals surface area contributed by atoms with Crippen LogP contribution in [0.2, 0.25) is 0 Å². The zero-order valence-corrected chi connectivity index (χ0v) is 10.9. The molecule has 0 saturated heterocycles. The van der Waals surface area contributed by atoms with E-state index in [1.165, 1.54) is 18.2 Å². The van der Waals surface area contributed by atoms with E-state index < -0.39 is 16.0 Å². The molecule has 7 heteroatoms. The predicted molar refractivity (Wildman–Crippen MR) is 67.3 cm³/mol. The molecule has 104 valence electrons. The minimum Gasteiger partial charge on any atom is -0.478 e. The van der Waals surface area contributed by atoms with Gasteiger partial charge in [-0.2, -0.15) is 0 Å². The van der Waals surface area contributed by atoms with Crippen LogP contribution in [0.15, 0.2) is 29.2 Å². The zero-order chi connectivity index (χ0) is 14.0. The number of hydrogen-bond acceptors (Lipinski definition) is 4. The molecule has 2 rings (SSSR count). The summed E-state index contributed by atoms with van der Waals surface area (Å²) in [4.78, 5) is 10.7. The van der Waals surface area contributed by atoms with Gasteiger partial charge in [-0.15, -0.1) is 0 Å². The Morgan fingerprint density at radius 3 is 2.63 bits per heavy atom. The van der Waals surface area contributed by atoms with Crippen LogP contribution in [0.1, 0.15) is 23.2 Å². The highest BCUT2D eigenvalue weighted by atomic mass is 32.2. The van der Waals surface area contributed by atoms with Gasteiger partial charge in [-0.25, -0.2) is 17.9 Å². The van der Waals surface area contributed by atoms with Gasteiger partial charge in [0.2, 0.25) is 10.0 Å². The van der Waals surface area contributed by atoms with Crippen molar-refractivity contribution in [2.24, 2.45) is 5.92 Å². The summed E-state index contributed by atoms with van der Waals surface area (Å²) < 4.78 is 26.4. The Bertz CT molecular complexity index is 578. The molecule has 0 radical (unpaired) electrons. The summed E-state index contributed by atoms with van der Waals surface area (Å²) in [5, 5.41) is 17.9. The Balaban J connectivity index is 2.06. The summed E-state index contributed by atoms with van der Waals surface area (Å²) in [5.41, 5.74) is -0.0676. The first kappa shape index (κ1) is 14.0. The number of aromatic carboxylic acids is 1. The van der Waals surface area contributed by atoms with Gasteiger partial charge < -0.3 is 10.2 Å². The molecule has 1 aromatic carbocycles. The minimum atomic E-state index is -3.70. The summed E-state index contributed by atoms with van der Waals surface area (Å²) in [6, 6.07) is 5.21. The van der Waals surface area contributed by atoms with Gasteiger partial charge in [0.15, 0.2) is 0 Å². The van der Waals surface area contributed by atoms with Crippen LogP contribution in [0, 0.1) is 5.92 Å². The number of benzene rings is 1. The van der Waals surface area contributed by atoms with Crippen molar-refractivity contribution in [1.29, 1.82) is 0 Å². The molecule has 1 fully saturated rings. The molecule has 19 heavy (non-hydrogen) atoms. The van der Waals surface area contributed by atoms with Crippen molar-refractivity contribution in [1.82, 2.24) is 4.72 Å². The number of rotatable bonds is 5. The molecule has 1 saturated carbocycles. The molecule has 6 nitrogen and oxygen atoms in total. The van der Waals surface area contributed by atoms with Crippen LogP contribution >= 0.6 is 0 Å². The smallest absolute Gasteiger partial charge is 0.335 e. The molecule has 0 unspecified atom stereocenters. The van der Waals surface area contributed by atoms with Crippen molar-refractivity contribution < 1.29 is 23.4 Å². The molecule has 0 heterocycles. The van der Waals surface area contributed by atoms with Gasteiger partial charge in [0.25, 0.3) is 0 Å². The normalized spacial score (nSPS) is 22.8. The Morgan fingerprint density at radius 2 is 2.05 bits per heavy atom. The van der Waals surface area contributed by atoms with Crippen molar-refractivity contribution in [2.75, 3.05) is 6.54 Å². The first-order valence-electron chi connectivity index (χ1n) is 5.89. The second kappa shape index (κ2) is 5.28. The van der Waals surface area contributed by atoms with E-state index in [9.17, 15) is 13.2 Å². The van der Waals surface area contributed by atoms with Crippen LogP contribution in [0.3, 0.4) is 0 Å². The molecule has 0 aromatic heterocycles. The fraction of sp³-hybridized carbons (Fsp3) is 0.417. The van der Waals surface area contributed by atoms with Gasteiger partial charge in [-0.05, 0) is 37.0 Å². The number of aliphatic hydroxyl groups excluding tert-OH is 1. The van der Waals surface area contributed by atoms with Crippen LogP contribution in [0.5, 0.6) is 0 Å². The van der Waals surface area contributed by atoms with Crippen molar-refractivity contribution in [2.45, 2.75) is 23.8 Å². The zero-order valence-electron chi connectivity index (χ0n) is 10.1. The predicted octanol–water partition coefficient (Wildman–Crippen LogP) is 0.434. The molecule has 1 aromatic rings. The quantitative estimate of drug-likeness (QED) is 0.728. The van der Waals surface area contributed by atoms with Gasteiger partial charge in [0.05, 0.1) is 16.6 Å². The molecular weight excluding hydrogens is 270 g/mol. The molecule has 1 aliphatic rings. The highest BCUT2D eigenvalue weighted by Gasteiger charge is 2.28. The van der Waals surface area contributed by atoms with Gasteiger partial charge in [0.1, 0.15) is 0 Å². The maximum atomic E-state index is 12.0. The maximum absolute atomic E-state index is 12.0. The number of aliphatic hydroxyl groups is 1. The van der Waals surface area contributed by atoms with Crippen molar-refractivity contribution in [3.8, 4) is 0 Å². The highest BCUT2D eigenvalue weighted by molar-refractivity contribution is 7.89. The number of nitrogens with one attached hydrogen (secondary N) is 1. The summed E-state index contributed by atoms with van der Waals surface area (Å²) in [6.07, 6.45) is 0.861. The monoisotopic (exact) mass is 285 g/mol. The fourth-order valence-electron chi connectivity index (χ4n) is 1.97. The Labute approximate surface area is 111 Å². The van der Waals surface area contributed by atoms with Gasteiger partial charge >= 0.3 is 5.97 Å². The van der Waals surface area contributed by atoms with Crippen LogP contribution < -0.4 is 4.72 Å². The summed E-state index contributed by atoms with van der Waals surface area (Å²) in [7, 11) is -3.70. The summed E-state index contributed by atoms with van der Waals surface area (Å²) in [5.74, 6) is -1.02. The van der Waals surface area contributed by atoms with E-state index >= 15 is 0 Å². The summed E-state index contributed by atoms with van der Waals surface area (Å²) in [6.45, 7) is 0.261. The maximum Gasteiger partial charge on any atom is 0.335 e. The standard InChI is InChI=1S/C12H15NO5S/c14-10-4-8(5-10)7-13-19(17,18)11-3-1-2-9(6-11)12(15)16/h1-3,6,8,10,13-14H,4-5,7H2,(H,15,16). The van der Waals surface area contributed by atoms with Crippen LogP contribution in [-0.4, -0.2) is 37.2 Å². The lowest BCUT2D eigenvalue weighted by molar-refractivity contribution is 0.0453. The van der Waals surface area contributed by atoms with Crippen molar-refractivity contribution in [3.05, 3.63) is 29.8 Å². The van der Waals surface area contributed by atoms with E-state index in [0.717, 1.165) is 6.07 Å². The van der Waals surface area contributed by atoms with E-state index in [4.69, 9.17) is 10.2 Å². The van der Waals surface area contributed by atoms with E-state index in [2.05, 4.69) is 4.72 Å². The van der Waals surface area contributed by atoms with Crippen LogP contribution in [-0.2, 0) is 10.0 Å². The Morgan fingerprint density at radius 1 is 1.37 bits per heavy atom. The number of carboxylic acid groups (broad SMARTS) is 1. The van der Waals surface area contributed by atoms with Gasteiger partial charge in [-0.3, -0.25) is 0 Å². The minimum absolute atomic E-state index is 0.0627. The van der Waals surface area contributed by atoms with Gasteiger partial charge in [-0.1, -0.05) is 6.07 Å². The third-order valence-electron chi connectivity index (χ3n) is 3.16. The molecule has 3 N–H and O–H groups in total. The first-order chi connectivity index (χ1) is 8.88. The second-order valence-electron chi connectivity index (χ2n) is 4.68. The Kier molecular flexibility index (Phi) is 3.88. The molecule has 1 aliphatic carbocycles. The molecule has 0 spiro atoms. The number of sulfonamides is 1. The fourth-order valence-corrected chi connectivity index (χ4v) is 3.14. The van der Waals surface area contributed by atoms with Crippen LogP contribution in [0.4, 0.5) is 0 Å². The molecule has 0 amide bonds. The lowest BCUT2D eigenvalue weighted by Crippen LogP contribution is -2.38. The SMILES string of the molecule is O=C(O)c1cccc(S(=O)(=O)NCC2CC(O)C2)c1. The molecule has 0 bridgehead atoms. The molecular formula is C12H15NO5S. The molecule has 0 aliphatic heterocycles. The lowest BCUT2D eigenvalue weighted by Gasteiger charge is -2.31. The summed E-state index contributed by atoms with van der Waals surface area (Å²) >= 11 is 0. The Hall–Kier alpha value is -1.44. The number of carbonyl (C=O) groups is 1. The average Bonchev–Trinajstić information content (AvgIpc) is 2.33. The lowest BCUT2D eigenvalue weighted by atomic mass is 9.83. The van der Waals surface area contributed by atoms with E-state index in [-0.39, 0.29) is 29.0 Å². The van der Waals surface area contributed by atoms with Crippen LogP contribution in [0.25, 0.3) is 0 Å². The third kappa shape index (κ3) is 3.31. The first-order valence-corrected chi connectivity index (χ1v) is 7.38. The largest absolute Gasteiger partial charge is 0.478 e. The van der Waals surface area contributed by atoms with Crippen molar-refractivity contribution in [3.63, 3.8) is 0 Å². The van der Waals surface area contributed by atoms with E-state index in [0.29, 0.717) is 12.8 Å². The number of hydrogen-bond donors (Lipinski definition) is 3.